The van der Waals surface area contributed by atoms with Crippen molar-refractivity contribution in [1.29, 1.82) is 5.26 Å². The Morgan fingerprint density at radius 3 is 2.58 bits per heavy atom. The van der Waals surface area contributed by atoms with Gasteiger partial charge in [0.05, 0.1) is 21.8 Å². The second kappa shape index (κ2) is 7.30. The van der Waals surface area contributed by atoms with Crippen molar-refractivity contribution in [2.45, 2.75) is 4.90 Å². The molecular weight excluding hydrogens is 395 g/mol. The van der Waals surface area contributed by atoms with Gasteiger partial charge in [0.1, 0.15) is 11.8 Å². The summed E-state index contributed by atoms with van der Waals surface area (Å²) in [6, 6.07) is 14.8. The van der Waals surface area contributed by atoms with Crippen molar-refractivity contribution < 1.29 is 8.42 Å². The van der Waals surface area contributed by atoms with Crippen LogP contribution in [0.1, 0.15) is 5.69 Å². The third-order valence-electron chi connectivity index (χ3n) is 3.36. The van der Waals surface area contributed by atoms with E-state index in [2.05, 4.69) is 10.2 Å². The van der Waals surface area contributed by atoms with Crippen LogP contribution < -0.4 is 0 Å². The first-order valence-electron chi connectivity index (χ1n) is 7.21. The minimum absolute atomic E-state index is 0.0245. The van der Waals surface area contributed by atoms with Crippen LogP contribution in [0.4, 0.5) is 0 Å². The minimum atomic E-state index is -4.15. The molecule has 6 nitrogen and oxygen atoms in total. The van der Waals surface area contributed by atoms with Crippen molar-refractivity contribution in [2.75, 3.05) is 0 Å². The zero-order valence-electron chi connectivity index (χ0n) is 13.0. The number of hydrogen-bond donors (Lipinski definition) is 0. The first kappa shape index (κ1) is 18.1. The van der Waals surface area contributed by atoms with E-state index in [1.54, 1.807) is 18.2 Å². The number of hydrogen-bond acceptors (Lipinski definition) is 5. The third kappa shape index (κ3) is 3.63. The predicted molar refractivity (Wildman–Crippen MR) is 98.6 cm³/mol. The van der Waals surface area contributed by atoms with Gasteiger partial charge >= 0.3 is 0 Å². The maximum absolute atomic E-state index is 12.7. The van der Waals surface area contributed by atoms with Crippen molar-refractivity contribution in [3.05, 3.63) is 75.4 Å². The molecule has 0 fully saturated rings. The molecule has 2 aromatic carbocycles. The van der Waals surface area contributed by atoms with Crippen molar-refractivity contribution in [1.82, 2.24) is 15.0 Å². The quantitative estimate of drug-likeness (QED) is 0.614. The van der Waals surface area contributed by atoms with Crippen LogP contribution in [0.5, 0.6) is 0 Å². The summed E-state index contributed by atoms with van der Waals surface area (Å²) in [5.74, 6) is 0. The number of sulfone groups is 1. The number of nitriles is 1. The molecule has 26 heavy (non-hydrogen) atoms. The highest BCUT2D eigenvalue weighted by Crippen LogP contribution is 2.30. The van der Waals surface area contributed by atoms with Crippen LogP contribution in [0.3, 0.4) is 0 Å². The number of aromatic nitrogens is 3. The first-order chi connectivity index (χ1) is 12.4. The molecule has 3 aromatic rings. The van der Waals surface area contributed by atoms with Gasteiger partial charge in [-0.05, 0) is 36.4 Å². The molecule has 0 saturated heterocycles. The van der Waals surface area contributed by atoms with Crippen LogP contribution in [-0.2, 0) is 9.84 Å². The smallest absolute Gasteiger partial charge is 0.218 e. The second-order valence-electron chi connectivity index (χ2n) is 5.09. The van der Waals surface area contributed by atoms with E-state index in [4.69, 9.17) is 23.2 Å². The Balaban J connectivity index is 2.03. The Morgan fingerprint density at radius 1 is 1.15 bits per heavy atom. The highest BCUT2D eigenvalue weighted by atomic mass is 35.5. The van der Waals surface area contributed by atoms with Gasteiger partial charge in [0.2, 0.25) is 9.84 Å². The fraction of sp³-hybridized carbons (Fsp3) is 0. The summed E-state index contributed by atoms with van der Waals surface area (Å²) in [5, 5.41) is 17.7. The molecule has 0 aliphatic rings. The van der Waals surface area contributed by atoms with E-state index >= 15 is 0 Å². The molecule has 0 amide bonds. The third-order valence-corrected chi connectivity index (χ3v) is 5.74. The van der Waals surface area contributed by atoms with Crippen LogP contribution in [-0.4, -0.2) is 23.4 Å². The van der Waals surface area contributed by atoms with Gasteiger partial charge in [-0.2, -0.15) is 15.2 Å². The zero-order valence-corrected chi connectivity index (χ0v) is 15.4. The van der Waals surface area contributed by atoms with Crippen LogP contribution >= 0.6 is 23.2 Å². The SMILES string of the molecule is N#C/C(=C/c1cnn(-c2ccccc2)n1)S(=O)(=O)c1cc(Cl)ccc1Cl. The highest BCUT2D eigenvalue weighted by Gasteiger charge is 2.24. The van der Waals surface area contributed by atoms with E-state index < -0.39 is 14.7 Å². The molecule has 0 N–H and O–H groups in total. The van der Waals surface area contributed by atoms with Crippen molar-refractivity contribution in [3.63, 3.8) is 0 Å². The molecule has 1 aromatic heterocycles. The fourth-order valence-corrected chi connectivity index (χ4v) is 4.03. The lowest BCUT2D eigenvalue weighted by Crippen LogP contribution is -2.05. The average Bonchev–Trinajstić information content (AvgIpc) is 3.11. The summed E-state index contributed by atoms with van der Waals surface area (Å²) >= 11 is 11.8. The number of allylic oxidation sites excluding steroid dienone is 1. The summed E-state index contributed by atoms with van der Waals surface area (Å²) in [6.07, 6.45) is 2.50. The molecular formula is C17H10Cl2N4O2S. The highest BCUT2D eigenvalue weighted by molar-refractivity contribution is 7.95. The van der Waals surface area contributed by atoms with Gasteiger partial charge in [-0.15, -0.1) is 5.10 Å². The van der Waals surface area contributed by atoms with E-state index in [0.717, 1.165) is 6.08 Å². The number of rotatable bonds is 4. The molecule has 0 saturated carbocycles. The zero-order chi connectivity index (χ0) is 18.7. The van der Waals surface area contributed by atoms with Gasteiger partial charge < -0.3 is 0 Å². The molecule has 0 atom stereocenters. The normalized spacial score (nSPS) is 12.0. The largest absolute Gasteiger partial charge is 0.218 e. The minimum Gasteiger partial charge on any atom is -0.218 e. The van der Waals surface area contributed by atoms with E-state index in [1.807, 2.05) is 18.2 Å². The molecule has 9 heteroatoms. The standard InChI is InChI=1S/C17H10Cl2N4O2S/c18-12-6-7-16(19)17(8-12)26(24,25)15(10-20)9-13-11-21-23(22-13)14-4-2-1-3-5-14/h1-9,11H/b15-9-. The van der Waals surface area contributed by atoms with Crippen molar-refractivity contribution >= 4 is 39.1 Å². The Hall–Kier alpha value is -2.66. The summed E-state index contributed by atoms with van der Waals surface area (Å²) in [6.45, 7) is 0. The van der Waals surface area contributed by atoms with Gasteiger partial charge in [-0.1, -0.05) is 41.4 Å². The van der Waals surface area contributed by atoms with E-state index in [1.165, 1.54) is 29.2 Å². The lowest BCUT2D eigenvalue weighted by Gasteiger charge is -2.05. The Kier molecular flexibility index (Phi) is 5.09. The summed E-state index contributed by atoms with van der Waals surface area (Å²) in [5.41, 5.74) is 0.915. The molecule has 0 radical (unpaired) electrons. The van der Waals surface area contributed by atoms with Crippen LogP contribution in [0.25, 0.3) is 11.8 Å². The lowest BCUT2D eigenvalue weighted by molar-refractivity contribution is 0.603. The monoisotopic (exact) mass is 404 g/mol. The van der Waals surface area contributed by atoms with Gasteiger partial charge in [0.25, 0.3) is 0 Å². The summed E-state index contributed by atoms with van der Waals surface area (Å²) < 4.78 is 25.5. The van der Waals surface area contributed by atoms with Gasteiger partial charge in [-0.25, -0.2) is 8.42 Å². The van der Waals surface area contributed by atoms with E-state index in [9.17, 15) is 13.7 Å². The summed E-state index contributed by atoms with van der Waals surface area (Å²) in [7, 11) is -4.15. The van der Waals surface area contributed by atoms with Crippen LogP contribution in [0.15, 0.2) is 64.5 Å². The summed E-state index contributed by atoms with van der Waals surface area (Å²) in [4.78, 5) is 0.580. The number of nitrogens with zero attached hydrogens (tertiary/aromatic N) is 4. The topological polar surface area (TPSA) is 88.6 Å². The molecule has 3 rings (SSSR count). The average molecular weight is 405 g/mol. The lowest BCUT2D eigenvalue weighted by atomic mass is 10.3. The predicted octanol–water partition coefficient (Wildman–Crippen LogP) is 3.91. The molecule has 130 valence electrons. The number of para-hydroxylation sites is 1. The Labute approximate surface area is 159 Å². The molecule has 1 heterocycles. The maximum Gasteiger partial charge on any atom is 0.218 e. The van der Waals surface area contributed by atoms with Crippen molar-refractivity contribution in [2.24, 2.45) is 0 Å². The second-order valence-corrected chi connectivity index (χ2v) is 7.82. The number of halogens is 2. The van der Waals surface area contributed by atoms with E-state index in [-0.39, 0.29) is 20.6 Å². The Morgan fingerprint density at radius 2 is 1.88 bits per heavy atom. The van der Waals surface area contributed by atoms with Gasteiger partial charge in [0.15, 0.2) is 4.91 Å². The van der Waals surface area contributed by atoms with E-state index in [0.29, 0.717) is 5.69 Å². The molecule has 0 aliphatic heterocycles. The van der Waals surface area contributed by atoms with Crippen molar-refractivity contribution in [3.8, 4) is 11.8 Å². The van der Waals surface area contributed by atoms with Gasteiger partial charge in [-0.3, -0.25) is 0 Å². The maximum atomic E-state index is 12.7. The Bertz CT molecular complexity index is 1130. The molecule has 0 spiro atoms. The molecule has 0 unspecified atom stereocenters. The molecule has 0 bridgehead atoms. The molecule has 0 aliphatic carbocycles. The first-order valence-corrected chi connectivity index (χ1v) is 9.45. The number of benzene rings is 2. The fourth-order valence-electron chi connectivity index (χ4n) is 2.13. The van der Waals surface area contributed by atoms with Crippen LogP contribution in [0, 0.1) is 11.3 Å². The van der Waals surface area contributed by atoms with Gasteiger partial charge in [0, 0.05) is 5.02 Å². The van der Waals surface area contributed by atoms with Crippen LogP contribution in [0.2, 0.25) is 10.0 Å².